The molecule has 0 bridgehead atoms. The molecular formula is C14H15FN2O2. The van der Waals surface area contributed by atoms with E-state index in [1.165, 1.54) is 12.1 Å². The summed E-state index contributed by atoms with van der Waals surface area (Å²) >= 11 is 0. The fourth-order valence-corrected chi connectivity index (χ4v) is 1.68. The van der Waals surface area contributed by atoms with Crippen LogP contribution in [0.4, 0.5) is 4.39 Å². The Balaban J connectivity index is 2.01. The quantitative estimate of drug-likeness (QED) is 0.921. The number of rotatable bonds is 4. The van der Waals surface area contributed by atoms with Crippen LogP contribution in [-0.2, 0) is 13.0 Å². The van der Waals surface area contributed by atoms with Crippen molar-refractivity contribution >= 4 is 5.91 Å². The molecule has 1 N–H and O–H groups in total. The van der Waals surface area contributed by atoms with E-state index < -0.39 is 0 Å². The number of hydrogen-bond donors (Lipinski definition) is 1. The van der Waals surface area contributed by atoms with Crippen molar-refractivity contribution < 1.29 is 13.6 Å². The zero-order chi connectivity index (χ0) is 13.8. The van der Waals surface area contributed by atoms with Crippen molar-refractivity contribution in [1.29, 1.82) is 0 Å². The molecule has 2 rings (SSSR count). The number of amides is 1. The van der Waals surface area contributed by atoms with E-state index >= 15 is 0 Å². The molecule has 2 aromatic rings. The van der Waals surface area contributed by atoms with Crippen LogP contribution >= 0.6 is 0 Å². The summed E-state index contributed by atoms with van der Waals surface area (Å²) in [4.78, 5) is 16.1. The number of carbonyl (C=O) groups is 1. The van der Waals surface area contributed by atoms with Gasteiger partial charge in [-0.2, -0.15) is 0 Å². The number of aromatic nitrogens is 1. The first kappa shape index (κ1) is 13.3. The normalized spacial score (nSPS) is 10.5. The van der Waals surface area contributed by atoms with Gasteiger partial charge in [-0.15, -0.1) is 0 Å². The highest BCUT2D eigenvalue weighted by atomic mass is 19.1. The minimum atomic E-state index is -0.311. The summed E-state index contributed by atoms with van der Waals surface area (Å²) in [5.41, 5.74) is 1.40. The predicted molar refractivity (Wildman–Crippen MR) is 68.2 cm³/mol. The van der Waals surface area contributed by atoms with Gasteiger partial charge in [0.2, 0.25) is 5.76 Å². The van der Waals surface area contributed by atoms with Gasteiger partial charge in [0.15, 0.2) is 5.89 Å². The van der Waals surface area contributed by atoms with Crippen LogP contribution in [-0.4, -0.2) is 10.9 Å². The summed E-state index contributed by atoms with van der Waals surface area (Å²) in [5, 5.41) is 2.72. The van der Waals surface area contributed by atoms with Crippen LogP contribution in [0, 0.1) is 12.7 Å². The van der Waals surface area contributed by atoms with Gasteiger partial charge in [-0.25, -0.2) is 9.37 Å². The Hall–Kier alpha value is -2.17. The molecular weight excluding hydrogens is 247 g/mol. The smallest absolute Gasteiger partial charge is 0.289 e. The molecule has 4 nitrogen and oxygen atoms in total. The van der Waals surface area contributed by atoms with Crippen molar-refractivity contribution in [3.63, 3.8) is 0 Å². The summed E-state index contributed by atoms with van der Waals surface area (Å²) in [6.45, 7) is 3.96. The van der Waals surface area contributed by atoms with Crippen molar-refractivity contribution in [1.82, 2.24) is 10.3 Å². The Morgan fingerprint density at radius 3 is 2.63 bits per heavy atom. The fraction of sp³-hybridized carbons (Fsp3) is 0.286. The Morgan fingerprint density at radius 2 is 2.05 bits per heavy atom. The van der Waals surface area contributed by atoms with Crippen molar-refractivity contribution in [2.45, 2.75) is 26.8 Å². The second-order valence-corrected chi connectivity index (χ2v) is 4.18. The van der Waals surface area contributed by atoms with Crippen LogP contribution in [0.3, 0.4) is 0 Å². The largest absolute Gasteiger partial charge is 0.435 e. The van der Waals surface area contributed by atoms with E-state index in [1.807, 2.05) is 6.92 Å². The highest BCUT2D eigenvalue weighted by Gasteiger charge is 2.16. The first-order valence-corrected chi connectivity index (χ1v) is 6.09. The van der Waals surface area contributed by atoms with E-state index in [4.69, 9.17) is 4.42 Å². The molecule has 0 spiro atoms. The van der Waals surface area contributed by atoms with Crippen molar-refractivity contribution in [2.75, 3.05) is 0 Å². The van der Waals surface area contributed by atoms with Gasteiger partial charge in [-0.1, -0.05) is 19.1 Å². The molecule has 0 atom stereocenters. The van der Waals surface area contributed by atoms with Gasteiger partial charge < -0.3 is 9.73 Å². The van der Waals surface area contributed by atoms with E-state index in [9.17, 15) is 9.18 Å². The highest BCUT2D eigenvalue weighted by molar-refractivity contribution is 5.92. The van der Waals surface area contributed by atoms with E-state index in [-0.39, 0.29) is 17.5 Å². The maximum absolute atomic E-state index is 12.7. The molecule has 1 aromatic heterocycles. The lowest BCUT2D eigenvalue weighted by Crippen LogP contribution is -2.23. The van der Waals surface area contributed by atoms with Crippen LogP contribution in [0.5, 0.6) is 0 Å². The number of halogens is 1. The Labute approximate surface area is 110 Å². The lowest BCUT2D eigenvalue weighted by atomic mass is 10.2. The number of nitrogens with one attached hydrogen (secondary N) is 1. The van der Waals surface area contributed by atoms with Gasteiger partial charge in [0.1, 0.15) is 5.82 Å². The molecule has 0 unspecified atom stereocenters. The lowest BCUT2D eigenvalue weighted by Gasteiger charge is -2.03. The van der Waals surface area contributed by atoms with E-state index in [0.29, 0.717) is 24.6 Å². The summed E-state index contributed by atoms with van der Waals surface area (Å²) in [5.74, 6) is 0.172. The SMILES string of the molecule is CCc1nc(C)c(C(=O)NCc2ccc(F)cc2)o1. The zero-order valence-electron chi connectivity index (χ0n) is 10.9. The first-order valence-electron chi connectivity index (χ1n) is 6.09. The molecule has 1 amide bonds. The maximum atomic E-state index is 12.7. The summed E-state index contributed by atoms with van der Waals surface area (Å²) in [6.07, 6.45) is 0.645. The molecule has 1 heterocycles. The Bertz CT molecular complexity index is 576. The number of carbonyl (C=O) groups excluding carboxylic acids is 1. The van der Waals surface area contributed by atoms with Gasteiger partial charge in [-0.3, -0.25) is 4.79 Å². The predicted octanol–water partition coefficient (Wildman–Crippen LogP) is 2.61. The average molecular weight is 262 g/mol. The van der Waals surface area contributed by atoms with Gasteiger partial charge in [-0.05, 0) is 24.6 Å². The number of benzene rings is 1. The van der Waals surface area contributed by atoms with E-state index in [1.54, 1.807) is 19.1 Å². The molecule has 0 fully saturated rings. The summed E-state index contributed by atoms with van der Waals surface area (Å²) < 4.78 is 18.1. The van der Waals surface area contributed by atoms with E-state index in [0.717, 1.165) is 5.56 Å². The molecule has 0 aliphatic rings. The molecule has 0 saturated carbocycles. The van der Waals surface area contributed by atoms with E-state index in [2.05, 4.69) is 10.3 Å². The molecule has 0 radical (unpaired) electrons. The summed E-state index contributed by atoms with van der Waals surface area (Å²) in [6, 6.07) is 5.97. The minimum Gasteiger partial charge on any atom is -0.435 e. The highest BCUT2D eigenvalue weighted by Crippen LogP contribution is 2.11. The third-order valence-electron chi connectivity index (χ3n) is 2.72. The van der Waals surface area contributed by atoms with Crippen LogP contribution in [0.1, 0.15) is 34.6 Å². The monoisotopic (exact) mass is 262 g/mol. The van der Waals surface area contributed by atoms with Gasteiger partial charge in [0, 0.05) is 13.0 Å². The third-order valence-corrected chi connectivity index (χ3v) is 2.72. The van der Waals surface area contributed by atoms with Gasteiger partial charge >= 0.3 is 0 Å². The van der Waals surface area contributed by atoms with Gasteiger partial charge in [0.25, 0.3) is 5.91 Å². The third kappa shape index (κ3) is 3.19. The Morgan fingerprint density at radius 1 is 1.37 bits per heavy atom. The van der Waals surface area contributed by atoms with Crippen molar-refractivity contribution in [2.24, 2.45) is 0 Å². The zero-order valence-corrected chi connectivity index (χ0v) is 10.9. The molecule has 100 valence electrons. The molecule has 0 aliphatic heterocycles. The molecule has 19 heavy (non-hydrogen) atoms. The standard InChI is InChI=1S/C14H15FN2O2/c1-3-12-17-9(2)13(19-12)14(18)16-8-10-4-6-11(15)7-5-10/h4-7H,3,8H2,1-2H3,(H,16,18). The van der Waals surface area contributed by atoms with Crippen LogP contribution < -0.4 is 5.32 Å². The number of aryl methyl sites for hydroxylation is 2. The second-order valence-electron chi connectivity index (χ2n) is 4.18. The van der Waals surface area contributed by atoms with Crippen molar-refractivity contribution in [3.05, 3.63) is 53.0 Å². The lowest BCUT2D eigenvalue weighted by molar-refractivity contribution is 0.0920. The summed E-state index contributed by atoms with van der Waals surface area (Å²) in [7, 11) is 0. The molecule has 1 aromatic carbocycles. The minimum absolute atomic E-state index is 0.235. The van der Waals surface area contributed by atoms with Crippen LogP contribution in [0.15, 0.2) is 28.7 Å². The van der Waals surface area contributed by atoms with Gasteiger partial charge in [0.05, 0.1) is 5.69 Å². The molecule has 0 aliphatic carbocycles. The number of hydrogen-bond acceptors (Lipinski definition) is 3. The molecule has 5 heteroatoms. The Kier molecular flexibility index (Phi) is 3.94. The maximum Gasteiger partial charge on any atom is 0.289 e. The fourth-order valence-electron chi connectivity index (χ4n) is 1.68. The first-order chi connectivity index (χ1) is 9.10. The van der Waals surface area contributed by atoms with Crippen LogP contribution in [0.2, 0.25) is 0 Å². The molecule has 0 saturated heterocycles. The second kappa shape index (κ2) is 5.65. The number of oxazole rings is 1. The van der Waals surface area contributed by atoms with Crippen LogP contribution in [0.25, 0.3) is 0 Å². The van der Waals surface area contributed by atoms with Crippen molar-refractivity contribution in [3.8, 4) is 0 Å². The topological polar surface area (TPSA) is 55.1 Å². The average Bonchev–Trinajstić information content (AvgIpc) is 2.79. The number of nitrogens with zero attached hydrogens (tertiary/aromatic N) is 1.